The van der Waals surface area contributed by atoms with Crippen LogP contribution in [-0.2, 0) is 23.9 Å². The SMILES string of the molecule is COCCOC(=O)CCC(=O)NC(=S)NNC(=O)C(c1ccccc1)c1ccccc1. The average Bonchev–Trinajstić information content (AvgIpc) is 2.78. The smallest absolute Gasteiger partial charge is 0.306 e. The van der Waals surface area contributed by atoms with Gasteiger partial charge in [0.15, 0.2) is 5.11 Å². The van der Waals surface area contributed by atoms with Gasteiger partial charge in [0.25, 0.3) is 0 Å². The molecule has 0 atom stereocenters. The first-order valence-electron chi connectivity index (χ1n) is 9.65. The molecule has 9 heteroatoms. The van der Waals surface area contributed by atoms with Crippen molar-refractivity contribution in [1.29, 1.82) is 0 Å². The Morgan fingerprint density at radius 3 is 2.00 bits per heavy atom. The number of esters is 1. The summed E-state index contributed by atoms with van der Waals surface area (Å²) in [6.07, 6.45) is -0.188. The van der Waals surface area contributed by atoms with Gasteiger partial charge in [-0.2, -0.15) is 0 Å². The third-order valence-corrected chi connectivity index (χ3v) is 4.39. The fourth-order valence-corrected chi connectivity index (χ4v) is 2.89. The summed E-state index contributed by atoms with van der Waals surface area (Å²) < 4.78 is 9.65. The van der Waals surface area contributed by atoms with Crippen LogP contribution in [0.1, 0.15) is 29.9 Å². The number of nitrogens with one attached hydrogen (secondary N) is 3. The van der Waals surface area contributed by atoms with Crippen LogP contribution in [0.2, 0.25) is 0 Å². The van der Waals surface area contributed by atoms with Crippen LogP contribution >= 0.6 is 12.2 Å². The number of benzene rings is 2. The summed E-state index contributed by atoms with van der Waals surface area (Å²) >= 11 is 5.04. The molecular weight excluding hydrogens is 418 g/mol. The van der Waals surface area contributed by atoms with Crippen molar-refractivity contribution in [3.05, 3.63) is 71.8 Å². The Hall–Kier alpha value is -3.30. The first-order valence-corrected chi connectivity index (χ1v) is 10.1. The zero-order chi connectivity index (χ0) is 22.5. The van der Waals surface area contributed by atoms with E-state index in [1.165, 1.54) is 7.11 Å². The van der Waals surface area contributed by atoms with Gasteiger partial charge < -0.3 is 14.8 Å². The molecule has 0 heterocycles. The van der Waals surface area contributed by atoms with E-state index < -0.39 is 17.8 Å². The molecule has 2 rings (SSSR count). The quantitative estimate of drug-likeness (QED) is 0.235. The van der Waals surface area contributed by atoms with Crippen LogP contribution in [0.25, 0.3) is 0 Å². The number of carbonyl (C=O) groups excluding carboxylic acids is 3. The van der Waals surface area contributed by atoms with Gasteiger partial charge in [-0.05, 0) is 23.3 Å². The zero-order valence-corrected chi connectivity index (χ0v) is 17.9. The summed E-state index contributed by atoms with van der Waals surface area (Å²) in [5.41, 5.74) is 6.69. The Kier molecular flexibility index (Phi) is 10.1. The van der Waals surface area contributed by atoms with Crippen molar-refractivity contribution in [3.63, 3.8) is 0 Å². The van der Waals surface area contributed by atoms with E-state index >= 15 is 0 Å². The van der Waals surface area contributed by atoms with E-state index in [-0.39, 0.29) is 30.5 Å². The zero-order valence-electron chi connectivity index (χ0n) is 17.1. The van der Waals surface area contributed by atoms with Crippen LogP contribution in [0.4, 0.5) is 0 Å². The highest BCUT2D eigenvalue weighted by molar-refractivity contribution is 7.80. The lowest BCUT2D eigenvalue weighted by Gasteiger charge is -2.19. The minimum Gasteiger partial charge on any atom is -0.463 e. The standard InChI is InChI=1S/C22H25N3O5S/c1-29-14-15-30-19(27)13-12-18(26)23-22(31)25-24-21(28)20(16-8-4-2-5-9-16)17-10-6-3-7-11-17/h2-11,20H,12-15H2,1H3,(H,24,28)(H2,23,25,26,31). The van der Waals surface area contributed by atoms with E-state index in [4.69, 9.17) is 21.7 Å². The molecule has 0 aliphatic heterocycles. The topological polar surface area (TPSA) is 106 Å². The Morgan fingerprint density at radius 2 is 1.45 bits per heavy atom. The number of ether oxygens (including phenoxy) is 2. The molecule has 0 saturated heterocycles. The maximum Gasteiger partial charge on any atom is 0.306 e. The second kappa shape index (κ2) is 13.1. The Balaban J connectivity index is 1.84. The highest BCUT2D eigenvalue weighted by Crippen LogP contribution is 2.24. The number of methoxy groups -OCH3 is 1. The lowest BCUT2D eigenvalue weighted by molar-refractivity contribution is -0.146. The number of hydrogen-bond donors (Lipinski definition) is 3. The maximum absolute atomic E-state index is 12.9. The van der Waals surface area contributed by atoms with Crippen molar-refractivity contribution in [3.8, 4) is 0 Å². The number of hydrogen-bond acceptors (Lipinski definition) is 6. The van der Waals surface area contributed by atoms with Gasteiger partial charge in [0.1, 0.15) is 6.61 Å². The van der Waals surface area contributed by atoms with Gasteiger partial charge in [0.2, 0.25) is 11.8 Å². The summed E-state index contributed by atoms with van der Waals surface area (Å²) in [7, 11) is 1.50. The van der Waals surface area contributed by atoms with E-state index in [9.17, 15) is 14.4 Å². The van der Waals surface area contributed by atoms with Crippen molar-refractivity contribution in [1.82, 2.24) is 16.2 Å². The van der Waals surface area contributed by atoms with Crippen molar-refractivity contribution in [2.75, 3.05) is 20.3 Å². The number of thiocarbonyl (C=S) groups is 1. The van der Waals surface area contributed by atoms with E-state index in [2.05, 4.69) is 16.2 Å². The van der Waals surface area contributed by atoms with Crippen LogP contribution < -0.4 is 16.2 Å². The third kappa shape index (κ3) is 8.53. The molecule has 31 heavy (non-hydrogen) atoms. The lowest BCUT2D eigenvalue weighted by atomic mass is 9.91. The summed E-state index contributed by atoms with van der Waals surface area (Å²) in [5, 5.41) is 2.33. The molecule has 0 spiro atoms. The van der Waals surface area contributed by atoms with E-state index in [1.54, 1.807) is 0 Å². The molecule has 3 N–H and O–H groups in total. The molecule has 0 radical (unpaired) electrons. The van der Waals surface area contributed by atoms with Crippen LogP contribution in [0.3, 0.4) is 0 Å². The molecule has 164 valence electrons. The fraction of sp³-hybridized carbons (Fsp3) is 0.273. The Morgan fingerprint density at radius 1 is 0.871 bits per heavy atom. The number of hydrazine groups is 1. The molecular formula is C22H25N3O5S. The molecule has 8 nitrogen and oxygen atoms in total. The van der Waals surface area contributed by atoms with Gasteiger partial charge in [0.05, 0.1) is 18.9 Å². The largest absolute Gasteiger partial charge is 0.463 e. The molecule has 2 aromatic carbocycles. The minimum absolute atomic E-state index is 0.0778. The second-order valence-electron chi connectivity index (χ2n) is 6.46. The highest BCUT2D eigenvalue weighted by atomic mass is 32.1. The van der Waals surface area contributed by atoms with Crippen LogP contribution in [0.15, 0.2) is 60.7 Å². The van der Waals surface area contributed by atoms with Crippen molar-refractivity contribution >= 4 is 35.1 Å². The molecule has 0 aliphatic rings. The molecule has 0 unspecified atom stereocenters. The lowest BCUT2D eigenvalue weighted by Crippen LogP contribution is -2.49. The molecule has 2 aromatic rings. The molecule has 0 aliphatic carbocycles. The molecule has 0 aromatic heterocycles. The van der Waals surface area contributed by atoms with Crippen LogP contribution in [-0.4, -0.2) is 43.2 Å². The van der Waals surface area contributed by atoms with Crippen LogP contribution in [0, 0.1) is 0 Å². The van der Waals surface area contributed by atoms with E-state index in [1.807, 2.05) is 60.7 Å². The minimum atomic E-state index is -0.560. The summed E-state index contributed by atoms with van der Waals surface area (Å²) in [4.78, 5) is 36.3. The summed E-state index contributed by atoms with van der Waals surface area (Å²) in [6, 6.07) is 18.6. The van der Waals surface area contributed by atoms with Gasteiger partial charge in [-0.25, -0.2) is 0 Å². The van der Waals surface area contributed by atoms with Gasteiger partial charge >= 0.3 is 5.97 Å². The number of carbonyl (C=O) groups is 3. The average molecular weight is 444 g/mol. The second-order valence-corrected chi connectivity index (χ2v) is 6.87. The molecule has 0 bridgehead atoms. The third-order valence-electron chi connectivity index (χ3n) is 4.19. The van der Waals surface area contributed by atoms with Crippen molar-refractivity contribution < 1.29 is 23.9 Å². The summed E-state index contributed by atoms with van der Waals surface area (Å²) in [6.45, 7) is 0.422. The van der Waals surface area contributed by atoms with E-state index in [0.717, 1.165) is 11.1 Å². The Labute approximate surface area is 186 Å². The predicted molar refractivity (Wildman–Crippen MR) is 119 cm³/mol. The first kappa shape index (κ1) is 24.0. The number of rotatable bonds is 9. The molecule has 2 amide bonds. The van der Waals surface area contributed by atoms with E-state index in [0.29, 0.717) is 6.61 Å². The molecule has 0 fully saturated rings. The maximum atomic E-state index is 12.9. The van der Waals surface area contributed by atoms with Gasteiger partial charge in [0, 0.05) is 13.5 Å². The van der Waals surface area contributed by atoms with Gasteiger partial charge in [-0.1, -0.05) is 60.7 Å². The van der Waals surface area contributed by atoms with Crippen LogP contribution in [0.5, 0.6) is 0 Å². The predicted octanol–water partition coefficient (Wildman–Crippen LogP) is 1.81. The van der Waals surface area contributed by atoms with Gasteiger partial charge in [-0.3, -0.25) is 25.2 Å². The monoisotopic (exact) mass is 443 g/mol. The van der Waals surface area contributed by atoms with Crippen molar-refractivity contribution in [2.24, 2.45) is 0 Å². The fourth-order valence-electron chi connectivity index (χ4n) is 2.72. The summed E-state index contributed by atoms with van der Waals surface area (Å²) in [5.74, 6) is -1.88. The normalized spacial score (nSPS) is 10.3. The highest BCUT2D eigenvalue weighted by Gasteiger charge is 2.22. The molecule has 0 saturated carbocycles. The number of amides is 2. The first-order chi connectivity index (χ1) is 15.0. The van der Waals surface area contributed by atoms with Gasteiger partial charge in [-0.15, -0.1) is 0 Å². The van der Waals surface area contributed by atoms with Crippen molar-refractivity contribution in [2.45, 2.75) is 18.8 Å². The Bertz CT molecular complexity index is 838.